The van der Waals surface area contributed by atoms with Crippen LogP contribution in [0.4, 0.5) is 13.2 Å². The van der Waals surface area contributed by atoms with Crippen LogP contribution >= 0.6 is 11.3 Å². The maximum absolute atomic E-state index is 13.2. The molecule has 1 aliphatic heterocycles. The van der Waals surface area contributed by atoms with Gasteiger partial charge in [-0.15, -0.1) is 24.5 Å². The van der Waals surface area contributed by atoms with Crippen LogP contribution in [0.2, 0.25) is 0 Å². The molecule has 13 heteroatoms. The molecule has 2 aromatic heterocycles. The lowest BCUT2D eigenvalue weighted by molar-refractivity contribution is -0.325. The maximum Gasteiger partial charge on any atom is 0.522 e. The number of likely N-dealkylation sites (tertiary alicyclic amines) is 1. The van der Waals surface area contributed by atoms with Crippen LogP contribution in [0.3, 0.4) is 0 Å². The number of hydrogen-bond donors (Lipinski definition) is 0. The summed E-state index contributed by atoms with van der Waals surface area (Å²) in [5.41, 5.74) is -0.977. The Bertz CT molecular complexity index is 1170. The van der Waals surface area contributed by atoms with Crippen molar-refractivity contribution >= 4 is 33.4 Å². The van der Waals surface area contributed by atoms with E-state index in [4.69, 9.17) is 4.74 Å². The third-order valence-electron chi connectivity index (χ3n) is 5.45. The van der Waals surface area contributed by atoms with E-state index in [2.05, 4.69) is 4.74 Å². The molecule has 3 heterocycles. The van der Waals surface area contributed by atoms with Gasteiger partial charge in [0.15, 0.2) is 0 Å². The number of thiophene rings is 1. The minimum Gasteiger partial charge on any atom is -0.462 e. The summed E-state index contributed by atoms with van der Waals surface area (Å²) in [5.74, 6) is -0.734. The summed E-state index contributed by atoms with van der Waals surface area (Å²) in [5, 5.41) is 0.131. The van der Waals surface area contributed by atoms with Gasteiger partial charge in [-0.05, 0) is 19.4 Å². The van der Waals surface area contributed by atoms with Crippen LogP contribution in [-0.2, 0) is 27.4 Å². The highest BCUT2D eigenvalue weighted by molar-refractivity contribution is 7.20. The number of piperidine rings is 1. The Morgan fingerprint density at radius 2 is 1.79 bits per heavy atom. The highest BCUT2D eigenvalue weighted by Gasteiger charge is 2.31. The van der Waals surface area contributed by atoms with Gasteiger partial charge in [0.05, 0.1) is 23.4 Å². The normalized spacial score (nSPS) is 15.3. The molecular formula is C20H24F3N3O6S. The van der Waals surface area contributed by atoms with Gasteiger partial charge in [0.2, 0.25) is 0 Å². The minimum absolute atomic E-state index is 0.0238. The summed E-state index contributed by atoms with van der Waals surface area (Å²) >= 11 is 0.905. The first-order chi connectivity index (χ1) is 15.4. The number of halogens is 3. The molecule has 1 fully saturated rings. The molecule has 0 unspecified atom stereocenters. The number of aromatic nitrogens is 2. The van der Waals surface area contributed by atoms with Crippen molar-refractivity contribution in [3.63, 3.8) is 0 Å². The van der Waals surface area contributed by atoms with Crippen LogP contribution in [0.1, 0.15) is 41.9 Å². The smallest absolute Gasteiger partial charge is 0.462 e. The molecule has 33 heavy (non-hydrogen) atoms. The van der Waals surface area contributed by atoms with Crippen molar-refractivity contribution in [2.24, 2.45) is 0 Å². The fourth-order valence-corrected chi connectivity index (χ4v) is 5.17. The number of hydrogen-bond acceptors (Lipinski definition) is 7. The van der Waals surface area contributed by atoms with E-state index in [0.29, 0.717) is 31.5 Å². The van der Waals surface area contributed by atoms with E-state index in [0.717, 1.165) is 20.5 Å². The highest BCUT2D eigenvalue weighted by atomic mass is 32.1. The molecule has 1 saturated heterocycles. The molecule has 0 radical (unpaired) electrons. The predicted octanol–water partition coefficient (Wildman–Crippen LogP) is 2.26. The Morgan fingerprint density at radius 1 is 1.15 bits per heavy atom. The lowest BCUT2D eigenvalue weighted by Gasteiger charge is -2.31. The molecule has 0 aliphatic carbocycles. The SMILES string of the molecule is CCn1c(=O)c2c(C)c(C(=O)N3CCC(OC(C)=O)CC3)sc2n(CCOC(F)(F)F)c1=O. The van der Waals surface area contributed by atoms with Crippen LogP contribution in [0.5, 0.6) is 0 Å². The zero-order chi connectivity index (χ0) is 24.5. The average Bonchev–Trinajstić information content (AvgIpc) is 3.07. The van der Waals surface area contributed by atoms with Crippen LogP contribution in [-0.4, -0.2) is 58.1 Å². The van der Waals surface area contributed by atoms with Crippen molar-refractivity contribution in [1.29, 1.82) is 0 Å². The van der Waals surface area contributed by atoms with Crippen LogP contribution in [0.15, 0.2) is 9.59 Å². The number of amides is 1. The van der Waals surface area contributed by atoms with E-state index in [1.54, 1.807) is 18.7 Å². The number of aryl methyl sites for hydroxylation is 1. The van der Waals surface area contributed by atoms with E-state index in [1.165, 1.54) is 6.92 Å². The standard InChI is InChI=1S/C20H24F3N3O6S/c1-4-25-16(28)14-11(2)15(17(29)24-7-5-13(6-8-24)32-12(3)27)33-18(14)26(19(25)30)9-10-31-20(21,22)23/h13H,4-10H2,1-3H3. The van der Waals surface area contributed by atoms with Crippen molar-refractivity contribution in [1.82, 2.24) is 14.0 Å². The number of nitrogens with zero attached hydrogens (tertiary/aromatic N) is 3. The molecule has 0 N–H and O–H groups in total. The fraction of sp³-hybridized carbons (Fsp3) is 0.600. The zero-order valence-corrected chi connectivity index (χ0v) is 19.2. The van der Waals surface area contributed by atoms with Gasteiger partial charge in [0.1, 0.15) is 10.9 Å². The molecule has 182 valence electrons. The lowest BCUT2D eigenvalue weighted by Crippen LogP contribution is -2.41. The topological polar surface area (TPSA) is 99.8 Å². The molecule has 9 nitrogen and oxygen atoms in total. The first-order valence-electron chi connectivity index (χ1n) is 10.4. The summed E-state index contributed by atoms with van der Waals surface area (Å²) in [4.78, 5) is 52.0. The van der Waals surface area contributed by atoms with Crippen molar-refractivity contribution in [2.75, 3.05) is 19.7 Å². The molecule has 0 bridgehead atoms. The van der Waals surface area contributed by atoms with Crippen molar-refractivity contribution in [3.8, 4) is 0 Å². The Kier molecular flexibility index (Phi) is 7.32. The Hall–Kier alpha value is -2.67. The third kappa shape index (κ3) is 5.29. The van der Waals surface area contributed by atoms with E-state index >= 15 is 0 Å². The van der Waals surface area contributed by atoms with Crippen LogP contribution in [0.25, 0.3) is 10.2 Å². The largest absolute Gasteiger partial charge is 0.522 e. The van der Waals surface area contributed by atoms with Gasteiger partial charge in [-0.3, -0.25) is 28.3 Å². The van der Waals surface area contributed by atoms with E-state index in [-0.39, 0.29) is 39.6 Å². The molecule has 0 saturated carbocycles. The van der Waals surface area contributed by atoms with Gasteiger partial charge in [0, 0.05) is 39.4 Å². The molecule has 0 atom stereocenters. The summed E-state index contributed by atoms with van der Waals surface area (Å²) in [7, 11) is 0. The number of carbonyl (C=O) groups is 2. The zero-order valence-electron chi connectivity index (χ0n) is 18.4. The number of alkyl halides is 3. The second kappa shape index (κ2) is 9.67. The van der Waals surface area contributed by atoms with Crippen LogP contribution < -0.4 is 11.2 Å². The number of carbonyl (C=O) groups excluding carboxylic acids is 2. The molecule has 2 aromatic rings. The van der Waals surface area contributed by atoms with Crippen molar-refractivity contribution < 1.29 is 32.2 Å². The van der Waals surface area contributed by atoms with Crippen LogP contribution in [0, 0.1) is 6.92 Å². The third-order valence-corrected chi connectivity index (χ3v) is 6.75. The Balaban J connectivity index is 1.97. The Morgan fingerprint density at radius 3 is 2.33 bits per heavy atom. The summed E-state index contributed by atoms with van der Waals surface area (Å²) in [6.45, 7) is 3.94. The summed E-state index contributed by atoms with van der Waals surface area (Å²) in [6, 6.07) is 0. The van der Waals surface area contributed by atoms with Gasteiger partial charge in [-0.25, -0.2) is 4.79 Å². The van der Waals surface area contributed by atoms with Gasteiger partial charge >= 0.3 is 18.0 Å². The lowest BCUT2D eigenvalue weighted by atomic mass is 10.1. The Labute approximate surface area is 190 Å². The molecule has 1 amide bonds. The second-order valence-corrected chi connectivity index (χ2v) is 8.61. The first kappa shape index (κ1) is 25.0. The van der Waals surface area contributed by atoms with Crippen molar-refractivity contribution in [2.45, 2.75) is 59.2 Å². The summed E-state index contributed by atoms with van der Waals surface area (Å²) in [6.07, 6.45) is -4.19. The minimum atomic E-state index is -4.85. The van der Waals surface area contributed by atoms with Gasteiger partial charge in [-0.2, -0.15) is 0 Å². The maximum atomic E-state index is 13.2. The molecular weight excluding hydrogens is 467 g/mol. The molecule has 0 spiro atoms. The predicted molar refractivity (Wildman–Crippen MR) is 113 cm³/mol. The van der Waals surface area contributed by atoms with E-state index in [9.17, 15) is 32.3 Å². The quantitative estimate of drug-likeness (QED) is 0.575. The van der Waals surface area contributed by atoms with Crippen molar-refractivity contribution in [3.05, 3.63) is 31.3 Å². The number of rotatable bonds is 6. The fourth-order valence-electron chi connectivity index (χ4n) is 3.88. The number of ether oxygens (including phenoxy) is 2. The molecule has 3 rings (SSSR count). The van der Waals surface area contributed by atoms with E-state index in [1.807, 2.05) is 0 Å². The van der Waals surface area contributed by atoms with E-state index < -0.39 is 30.8 Å². The average molecular weight is 491 g/mol. The monoisotopic (exact) mass is 491 g/mol. The highest BCUT2D eigenvalue weighted by Crippen LogP contribution is 2.30. The first-order valence-corrected chi connectivity index (χ1v) is 11.2. The van der Waals surface area contributed by atoms with Gasteiger partial charge < -0.3 is 9.64 Å². The second-order valence-electron chi connectivity index (χ2n) is 7.62. The van der Waals surface area contributed by atoms with Gasteiger partial charge in [-0.1, -0.05) is 0 Å². The van der Waals surface area contributed by atoms with Gasteiger partial charge in [0.25, 0.3) is 11.5 Å². The number of esters is 1. The number of fused-ring (bicyclic) bond motifs is 1. The molecule has 1 aliphatic rings. The summed E-state index contributed by atoms with van der Waals surface area (Å²) < 4.78 is 48.2. The molecule has 0 aromatic carbocycles.